The van der Waals surface area contributed by atoms with Crippen molar-refractivity contribution in [2.24, 2.45) is 0 Å². The zero-order valence-corrected chi connectivity index (χ0v) is 13.0. The first-order valence-corrected chi connectivity index (χ1v) is 7.85. The third-order valence-electron chi connectivity index (χ3n) is 4.47. The van der Waals surface area contributed by atoms with Gasteiger partial charge < -0.3 is 19.8 Å². The van der Waals surface area contributed by atoms with Gasteiger partial charge in [0.05, 0.1) is 24.6 Å². The van der Waals surface area contributed by atoms with Crippen molar-refractivity contribution < 1.29 is 14.3 Å². The van der Waals surface area contributed by atoms with E-state index in [0.717, 1.165) is 44.6 Å². The second kappa shape index (κ2) is 6.76. The lowest BCUT2D eigenvalue weighted by Gasteiger charge is -2.39. The number of amides is 1. The number of rotatable bonds is 5. The Labute approximate surface area is 130 Å². The molecule has 7 nitrogen and oxygen atoms in total. The second-order valence-electron chi connectivity index (χ2n) is 6.20. The van der Waals surface area contributed by atoms with Gasteiger partial charge in [-0.2, -0.15) is 0 Å². The summed E-state index contributed by atoms with van der Waals surface area (Å²) in [6.45, 7) is 3.54. The standard InChI is InChI=1S/C15H24N4O3/c1-16-14(20)9-21-13-5-15(22-8-13)3-2-4-19(10-15)7-12-6-17-11-18-12/h6,11,13H,2-5,7-10H2,1H3,(H,16,20)(H,17,18)/t13-,15-/m0/s1. The summed E-state index contributed by atoms with van der Waals surface area (Å²) < 4.78 is 11.7. The minimum atomic E-state index is -0.119. The van der Waals surface area contributed by atoms with Gasteiger partial charge in [0.2, 0.25) is 5.91 Å². The van der Waals surface area contributed by atoms with Crippen LogP contribution in [0.4, 0.5) is 0 Å². The number of hydrogen-bond donors (Lipinski definition) is 2. The second-order valence-corrected chi connectivity index (χ2v) is 6.20. The number of hydrogen-bond acceptors (Lipinski definition) is 5. The Bertz CT molecular complexity index is 493. The van der Waals surface area contributed by atoms with Crippen LogP contribution in [0.1, 0.15) is 25.0 Å². The highest BCUT2D eigenvalue weighted by atomic mass is 16.6. The molecule has 1 aromatic rings. The maximum atomic E-state index is 11.3. The van der Waals surface area contributed by atoms with E-state index in [0.29, 0.717) is 6.61 Å². The maximum Gasteiger partial charge on any atom is 0.245 e. The van der Waals surface area contributed by atoms with Gasteiger partial charge in [-0.1, -0.05) is 0 Å². The number of carbonyl (C=O) groups excluding carboxylic acids is 1. The molecule has 22 heavy (non-hydrogen) atoms. The average Bonchev–Trinajstić information content (AvgIpc) is 3.15. The molecule has 3 rings (SSSR count). The van der Waals surface area contributed by atoms with Crippen LogP contribution in [0.2, 0.25) is 0 Å². The highest BCUT2D eigenvalue weighted by Crippen LogP contribution is 2.36. The largest absolute Gasteiger partial charge is 0.371 e. The van der Waals surface area contributed by atoms with E-state index in [-0.39, 0.29) is 24.2 Å². The molecule has 0 bridgehead atoms. The Hall–Kier alpha value is -1.44. The minimum absolute atomic E-state index is 0.0180. The number of carbonyl (C=O) groups is 1. The number of nitrogens with one attached hydrogen (secondary N) is 2. The normalized spacial score (nSPS) is 29.0. The van der Waals surface area contributed by atoms with Gasteiger partial charge in [-0.25, -0.2) is 4.98 Å². The molecule has 0 aromatic carbocycles. The molecule has 0 aliphatic carbocycles. The molecule has 2 fully saturated rings. The van der Waals surface area contributed by atoms with Crippen LogP contribution in [0, 0.1) is 0 Å². The van der Waals surface area contributed by atoms with Crippen molar-refractivity contribution in [3.63, 3.8) is 0 Å². The number of aromatic amines is 1. The molecule has 2 aliphatic heterocycles. The van der Waals surface area contributed by atoms with Crippen LogP contribution in [0.15, 0.2) is 12.5 Å². The van der Waals surface area contributed by atoms with E-state index in [1.165, 1.54) is 0 Å². The van der Waals surface area contributed by atoms with E-state index in [1.807, 2.05) is 6.20 Å². The van der Waals surface area contributed by atoms with E-state index in [4.69, 9.17) is 9.47 Å². The fourth-order valence-corrected chi connectivity index (χ4v) is 3.40. The summed E-state index contributed by atoms with van der Waals surface area (Å²) >= 11 is 0. The number of imidazole rings is 1. The molecule has 7 heteroatoms. The lowest BCUT2D eigenvalue weighted by atomic mass is 9.89. The number of piperidine rings is 1. The number of nitrogens with zero attached hydrogens (tertiary/aromatic N) is 2. The lowest BCUT2D eigenvalue weighted by molar-refractivity contribution is -0.127. The fourth-order valence-electron chi connectivity index (χ4n) is 3.40. The van der Waals surface area contributed by atoms with Crippen LogP contribution in [0.5, 0.6) is 0 Å². The molecule has 3 heterocycles. The summed E-state index contributed by atoms with van der Waals surface area (Å²) in [5, 5.41) is 2.57. The van der Waals surface area contributed by atoms with Gasteiger partial charge >= 0.3 is 0 Å². The van der Waals surface area contributed by atoms with E-state index in [9.17, 15) is 4.79 Å². The molecule has 2 atom stereocenters. The summed E-state index contributed by atoms with van der Waals surface area (Å²) in [4.78, 5) is 20.9. The van der Waals surface area contributed by atoms with Crippen molar-refractivity contribution >= 4 is 5.91 Å². The molecule has 0 saturated carbocycles. The van der Waals surface area contributed by atoms with E-state index < -0.39 is 0 Å². The van der Waals surface area contributed by atoms with E-state index in [1.54, 1.807) is 13.4 Å². The molecule has 1 amide bonds. The smallest absolute Gasteiger partial charge is 0.245 e. The third kappa shape index (κ3) is 3.66. The van der Waals surface area contributed by atoms with Gasteiger partial charge in [0.1, 0.15) is 6.61 Å². The Morgan fingerprint density at radius 3 is 3.36 bits per heavy atom. The lowest BCUT2D eigenvalue weighted by Crippen LogP contribution is -2.47. The monoisotopic (exact) mass is 308 g/mol. The molecule has 122 valence electrons. The SMILES string of the molecule is CNC(=O)CO[C@@H]1CO[C@@]2(CCCN(Cc3cnc[nH]3)C2)C1. The molecule has 1 spiro atoms. The van der Waals surface area contributed by atoms with Crippen molar-refractivity contribution in [3.8, 4) is 0 Å². The number of aromatic nitrogens is 2. The first-order chi connectivity index (χ1) is 10.7. The van der Waals surface area contributed by atoms with Crippen molar-refractivity contribution in [1.29, 1.82) is 0 Å². The van der Waals surface area contributed by atoms with Gasteiger partial charge in [-0.3, -0.25) is 9.69 Å². The zero-order valence-electron chi connectivity index (χ0n) is 13.0. The van der Waals surface area contributed by atoms with Crippen LogP contribution in [-0.4, -0.2) is 65.8 Å². The highest BCUT2D eigenvalue weighted by Gasteiger charge is 2.43. The topological polar surface area (TPSA) is 79.5 Å². The fraction of sp³-hybridized carbons (Fsp3) is 0.733. The van der Waals surface area contributed by atoms with Gasteiger partial charge in [0.25, 0.3) is 0 Å². The van der Waals surface area contributed by atoms with Crippen molar-refractivity contribution in [2.75, 3.05) is 33.4 Å². The Kier molecular flexibility index (Phi) is 4.75. The molecular formula is C15H24N4O3. The Morgan fingerprint density at radius 2 is 2.59 bits per heavy atom. The Morgan fingerprint density at radius 1 is 1.68 bits per heavy atom. The van der Waals surface area contributed by atoms with Crippen LogP contribution < -0.4 is 5.32 Å². The predicted molar refractivity (Wildman–Crippen MR) is 80.2 cm³/mol. The van der Waals surface area contributed by atoms with Crippen LogP contribution >= 0.6 is 0 Å². The van der Waals surface area contributed by atoms with Crippen LogP contribution in [0.25, 0.3) is 0 Å². The van der Waals surface area contributed by atoms with Crippen molar-refractivity contribution in [2.45, 2.75) is 37.5 Å². The molecule has 0 radical (unpaired) electrons. The predicted octanol–water partition coefficient (Wildman–Crippen LogP) is 0.296. The number of ether oxygens (including phenoxy) is 2. The number of likely N-dealkylation sites (N-methyl/N-ethyl adjacent to an activating group) is 1. The summed E-state index contributed by atoms with van der Waals surface area (Å²) in [6.07, 6.45) is 6.64. The average molecular weight is 308 g/mol. The number of H-pyrrole nitrogens is 1. The van der Waals surface area contributed by atoms with Gasteiger partial charge in [0, 0.05) is 38.4 Å². The summed E-state index contributed by atoms with van der Waals surface area (Å²) in [5.74, 6) is -0.0922. The van der Waals surface area contributed by atoms with Crippen molar-refractivity contribution in [3.05, 3.63) is 18.2 Å². The molecular weight excluding hydrogens is 284 g/mol. The third-order valence-corrected chi connectivity index (χ3v) is 4.47. The van der Waals surface area contributed by atoms with Gasteiger partial charge in [-0.05, 0) is 19.4 Å². The molecule has 2 saturated heterocycles. The van der Waals surface area contributed by atoms with Gasteiger partial charge in [-0.15, -0.1) is 0 Å². The zero-order chi connectivity index (χ0) is 15.4. The Balaban J connectivity index is 1.51. The van der Waals surface area contributed by atoms with E-state index >= 15 is 0 Å². The molecule has 1 aromatic heterocycles. The molecule has 2 aliphatic rings. The molecule has 0 unspecified atom stereocenters. The van der Waals surface area contributed by atoms with Gasteiger partial charge in [0.15, 0.2) is 0 Å². The first-order valence-electron chi connectivity index (χ1n) is 7.85. The summed E-state index contributed by atoms with van der Waals surface area (Å²) in [6, 6.07) is 0. The minimum Gasteiger partial charge on any atom is -0.371 e. The number of likely N-dealkylation sites (tertiary alicyclic amines) is 1. The summed E-state index contributed by atoms with van der Waals surface area (Å²) in [7, 11) is 1.62. The van der Waals surface area contributed by atoms with Crippen LogP contribution in [0.3, 0.4) is 0 Å². The van der Waals surface area contributed by atoms with E-state index in [2.05, 4.69) is 20.2 Å². The quantitative estimate of drug-likeness (QED) is 0.818. The maximum absolute atomic E-state index is 11.3. The summed E-state index contributed by atoms with van der Waals surface area (Å²) in [5.41, 5.74) is 1.01. The van der Waals surface area contributed by atoms with Crippen molar-refractivity contribution in [1.82, 2.24) is 20.2 Å². The first kappa shape index (κ1) is 15.5. The highest BCUT2D eigenvalue weighted by molar-refractivity contribution is 5.76. The van der Waals surface area contributed by atoms with Crippen LogP contribution in [-0.2, 0) is 20.8 Å². The molecule has 2 N–H and O–H groups in total.